The highest BCUT2D eigenvalue weighted by Gasteiger charge is 2.09. The van der Waals surface area contributed by atoms with Gasteiger partial charge in [0.25, 0.3) is 0 Å². The van der Waals surface area contributed by atoms with Crippen molar-refractivity contribution >= 4 is 17.3 Å². The Labute approximate surface area is 121 Å². The van der Waals surface area contributed by atoms with E-state index < -0.39 is 11.6 Å². The van der Waals surface area contributed by atoms with Crippen LogP contribution < -0.4 is 5.32 Å². The van der Waals surface area contributed by atoms with Gasteiger partial charge in [0.05, 0.1) is 17.3 Å². The van der Waals surface area contributed by atoms with Crippen molar-refractivity contribution in [3.8, 4) is 0 Å². The van der Waals surface area contributed by atoms with E-state index in [1.54, 1.807) is 7.11 Å². The van der Waals surface area contributed by atoms with Gasteiger partial charge in [-0.15, -0.1) is 0 Å². The van der Waals surface area contributed by atoms with E-state index in [2.05, 4.69) is 5.32 Å². The minimum Gasteiger partial charge on any atom is -0.380 e. The molecule has 2 aromatic carbocycles. The lowest BCUT2D eigenvalue weighted by molar-refractivity contribution is 0.185. The zero-order chi connectivity index (χ0) is 14.5. The van der Waals surface area contributed by atoms with E-state index >= 15 is 0 Å². The van der Waals surface area contributed by atoms with Gasteiger partial charge in [-0.05, 0) is 17.2 Å². The molecule has 0 aliphatic carbocycles. The molecule has 1 N–H and O–H groups in total. The summed E-state index contributed by atoms with van der Waals surface area (Å²) in [6.07, 6.45) is 0. The number of hydrogen-bond acceptors (Lipinski definition) is 2. The lowest BCUT2D eigenvalue weighted by Gasteiger charge is -2.10. The van der Waals surface area contributed by atoms with Gasteiger partial charge in [-0.3, -0.25) is 0 Å². The molecule has 0 aromatic heterocycles. The molecule has 0 saturated carbocycles. The standard InChI is InChI=1S/C15H14ClF2NO/c1-20-9-11-4-2-3-10(5-11)8-19-15-13(16)6-12(17)7-14(15)18/h2-7,19H,8-9H2,1H3. The zero-order valence-corrected chi connectivity index (χ0v) is 11.7. The van der Waals surface area contributed by atoms with Crippen molar-refractivity contribution in [2.45, 2.75) is 13.2 Å². The monoisotopic (exact) mass is 297 g/mol. The average Bonchev–Trinajstić information content (AvgIpc) is 2.38. The van der Waals surface area contributed by atoms with Crippen LogP contribution in [-0.2, 0) is 17.9 Å². The lowest BCUT2D eigenvalue weighted by atomic mass is 10.1. The summed E-state index contributed by atoms with van der Waals surface area (Å²) < 4.78 is 31.6. The maximum atomic E-state index is 13.6. The van der Waals surface area contributed by atoms with Crippen LogP contribution in [0.3, 0.4) is 0 Å². The number of halogens is 3. The molecule has 0 spiro atoms. The number of anilines is 1. The Morgan fingerprint density at radius 2 is 1.90 bits per heavy atom. The molecule has 0 heterocycles. The second kappa shape index (κ2) is 6.68. The number of methoxy groups -OCH3 is 1. The van der Waals surface area contributed by atoms with E-state index in [9.17, 15) is 8.78 Å². The molecular formula is C15H14ClF2NO. The van der Waals surface area contributed by atoms with Crippen LogP contribution in [-0.4, -0.2) is 7.11 Å². The van der Waals surface area contributed by atoms with Gasteiger partial charge in [-0.25, -0.2) is 8.78 Å². The van der Waals surface area contributed by atoms with Crippen LogP contribution in [0.25, 0.3) is 0 Å². The molecule has 0 atom stereocenters. The predicted molar refractivity (Wildman–Crippen MR) is 75.8 cm³/mol. The van der Waals surface area contributed by atoms with E-state index in [1.165, 1.54) is 0 Å². The molecule has 0 saturated heterocycles. The summed E-state index contributed by atoms with van der Waals surface area (Å²) in [5.74, 6) is -1.40. The van der Waals surface area contributed by atoms with E-state index in [0.717, 1.165) is 23.3 Å². The number of hydrogen-bond donors (Lipinski definition) is 1. The Morgan fingerprint density at radius 1 is 1.15 bits per heavy atom. The van der Waals surface area contributed by atoms with E-state index in [4.69, 9.17) is 16.3 Å². The minimum absolute atomic E-state index is 0.0237. The van der Waals surface area contributed by atoms with Crippen LogP contribution in [0, 0.1) is 11.6 Å². The molecule has 0 aliphatic rings. The van der Waals surface area contributed by atoms with Gasteiger partial charge in [0.1, 0.15) is 5.82 Å². The molecule has 106 valence electrons. The summed E-state index contributed by atoms with van der Waals surface area (Å²) in [6, 6.07) is 9.57. The van der Waals surface area contributed by atoms with Gasteiger partial charge in [0.2, 0.25) is 0 Å². The van der Waals surface area contributed by atoms with Crippen molar-refractivity contribution in [3.05, 3.63) is 64.2 Å². The molecule has 5 heteroatoms. The first-order chi connectivity index (χ1) is 9.60. The quantitative estimate of drug-likeness (QED) is 0.884. The third-order valence-corrected chi connectivity index (χ3v) is 3.08. The number of benzene rings is 2. The van der Waals surface area contributed by atoms with Crippen LogP contribution >= 0.6 is 11.6 Å². The molecule has 2 rings (SSSR count). The molecule has 0 bridgehead atoms. The maximum absolute atomic E-state index is 13.6. The maximum Gasteiger partial charge on any atom is 0.150 e. The lowest BCUT2D eigenvalue weighted by Crippen LogP contribution is -2.03. The van der Waals surface area contributed by atoms with Crippen LogP contribution in [0.1, 0.15) is 11.1 Å². The van der Waals surface area contributed by atoms with Gasteiger partial charge in [-0.1, -0.05) is 35.9 Å². The minimum atomic E-state index is -0.706. The first-order valence-corrected chi connectivity index (χ1v) is 6.43. The SMILES string of the molecule is COCc1cccc(CNc2c(F)cc(F)cc2Cl)c1. The van der Waals surface area contributed by atoms with Crippen LogP contribution in [0.5, 0.6) is 0 Å². The molecule has 20 heavy (non-hydrogen) atoms. The molecular weight excluding hydrogens is 284 g/mol. The van der Waals surface area contributed by atoms with E-state index in [1.807, 2.05) is 24.3 Å². The van der Waals surface area contributed by atoms with E-state index in [-0.39, 0.29) is 10.7 Å². The highest BCUT2D eigenvalue weighted by atomic mass is 35.5. The average molecular weight is 298 g/mol. The summed E-state index contributed by atoms with van der Waals surface area (Å²) >= 11 is 5.82. The van der Waals surface area contributed by atoms with Crippen molar-refractivity contribution in [1.29, 1.82) is 0 Å². The summed E-state index contributed by atoms with van der Waals surface area (Å²) in [4.78, 5) is 0. The highest BCUT2D eigenvalue weighted by molar-refractivity contribution is 6.33. The van der Waals surface area contributed by atoms with Crippen LogP contribution in [0.4, 0.5) is 14.5 Å². The van der Waals surface area contributed by atoms with Crippen LogP contribution in [0.2, 0.25) is 5.02 Å². The van der Waals surface area contributed by atoms with Gasteiger partial charge in [0, 0.05) is 19.7 Å². The van der Waals surface area contributed by atoms with Gasteiger partial charge >= 0.3 is 0 Å². The van der Waals surface area contributed by atoms with Gasteiger partial charge < -0.3 is 10.1 Å². The summed E-state index contributed by atoms with van der Waals surface area (Å²) in [7, 11) is 1.62. The van der Waals surface area contributed by atoms with Crippen molar-refractivity contribution in [2.75, 3.05) is 12.4 Å². The Kier molecular flexibility index (Phi) is 4.93. The summed E-state index contributed by atoms with van der Waals surface area (Å²) in [5, 5.41) is 2.90. The first-order valence-electron chi connectivity index (χ1n) is 6.05. The molecule has 0 aliphatic heterocycles. The van der Waals surface area contributed by atoms with Crippen molar-refractivity contribution in [3.63, 3.8) is 0 Å². The Hall–Kier alpha value is -1.65. The topological polar surface area (TPSA) is 21.3 Å². The number of rotatable bonds is 5. The summed E-state index contributed by atoms with van der Waals surface area (Å²) in [5.41, 5.74) is 2.09. The normalized spacial score (nSPS) is 10.6. The molecule has 0 fully saturated rings. The molecule has 2 nitrogen and oxygen atoms in total. The molecule has 0 radical (unpaired) electrons. The largest absolute Gasteiger partial charge is 0.380 e. The second-order valence-electron chi connectivity index (χ2n) is 4.35. The van der Waals surface area contributed by atoms with Gasteiger partial charge in [0.15, 0.2) is 5.82 Å². The fraction of sp³-hybridized carbons (Fsp3) is 0.200. The Bertz CT molecular complexity index is 581. The molecule has 2 aromatic rings. The van der Waals surface area contributed by atoms with Crippen molar-refractivity contribution < 1.29 is 13.5 Å². The Balaban J connectivity index is 2.11. The molecule has 0 unspecified atom stereocenters. The van der Waals surface area contributed by atoms with E-state index in [0.29, 0.717) is 13.2 Å². The third kappa shape index (κ3) is 3.68. The number of ether oxygens (including phenoxy) is 1. The molecule has 0 amide bonds. The highest BCUT2D eigenvalue weighted by Crippen LogP contribution is 2.26. The Morgan fingerprint density at radius 3 is 2.60 bits per heavy atom. The smallest absolute Gasteiger partial charge is 0.150 e. The zero-order valence-electron chi connectivity index (χ0n) is 10.9. The number of nitrogens with one attached hydrogen (secondary N) is 1. The first kappa shape index (κ1) is 14.8. The second-order valence-corrected chi connectivity index (χ2v) is 4.76. The fourth-order valence-corrected chi connectivity index (χ4v) is 2.16. The predicted octanol–water partition coefficient (Wildman–Crippen LogP) is 4.38. The fourth-order valence-electron chi connectivity index (χ4n) is 1.90. The summed E-state index contributed by atoms with van der Waals surface area (Å²) in [6.45, 7) is 0.902. The van der Waals surface area contributed by atoms with Crippen LogP contribution in [0.15, 0.2) is 36.4 Å². The third-order valence-electron chi connectivity index (χ3n) is 2.78. The van der Waals surface area contributed by atoms with Crippen molar-refractivity contribution in [1.82, 2.24) is 0 Å². The van der Waals surface area contributed by atoms with Crippen molar-refractivity contribution in [2.24, 2.45) is 0 Å². The van der Waals surface area contributed by atoms with Gasteiger partial charge in [-0.2, -0.15) is 0 Å².